The molecular weight excluding hydrogens is 512 g/mol. The monoisotopic (exact) mass is 542 g/mol. The molecule has 2 heterocycles. The summed E-state index contributed by atoms with van der Waals surface area (Å²) >= 11 is 6.27. The summed E-state index contributed by atoms with van der Waals surface area (Å²) in [5, 5.41) is 6.92. The van der Waals surface area contributed by atoms with Crippen molar-refractivity contribution in [2.45, 2.75) is 13.5 Å². The number of hydrogen-bond acceptors (Lipinski definition) is 7. The van der Waals surface area contributed by atoms with Crippen LogP contribution in [0.1, 0.15) is 22.8 Å². The molecule has 0 spiro atoms. The quantitative estimate of drug-likeness (QED) is 0.276. The summed E-state index contributed by atoms with van der Waals surface area (Å²) in [6.07, 6.45) is 1.73. The zero-order chi connectivity index (χ0) is 27.0. The third-order valence-electron chi connectivity index (χ3n) is 6.36. The van der Waals surface area contributed by atoms with E-state index in [-0.39, 0.29) is 5.91 Å². The average molecular weight is 543 g/mol. The molecule has 1 aliphatic heterocycles. The largest absolute Gasteiger partial charge is 0.378 e. The Kier molecular flexibility index (Phi) is 8.55. The molecule has 1 saturated heterocycles. The van der Waals surface area contributed by atoms with Crippen LogP contribution in [0.4, 0.5) is 28.8 Å². The summed E-state index contributed by atoms with van der Waals surface area (Å²) in [5.74, 6) is 1.04. The Balaban J connectivity index is 1.46. The van der Waals surface area contributed by atoms with Crippen molar-refractivity contribution in [3.63, 3.8) is 0 Å². The highest BCUT2D eigenvalue weighted by atomic mass is 35.5. The van der Waals surface area contributed by atoms with Gasteiger partial charge in [0, 0.05) is 60.0 Å². The van der Waals surface area contributed by atoms with Crippen molar-refractivity contribution in [3.8, 4) is 0 Å². The topological polar surface area (TPSA) is 82.6 Å². The molecular formula is C30H31ClN6O2. The van der Waals surface area contributed by atoms with Crippen molar-refractivity contribution in [3.05, 3.63) is 101 Å². The van der Waals surface area contributed by atoms with Crippen LogP contribution in [0.15, 0.2) is 85.1 Å². The van der Waals surface area contributed by atoms with Crippen molar-refractivity contribution in [1.29, 1.82) is 0 Å². The number of halogens is 1. The van der Waals surface area contributed by atoms with Crippen LogP contribution >= 0.6 is 11.6 Å². The summed E-state index contributed by atoms with van der Waals surface area (Å²) in [5.41, 5.74) is 4.32. The molecule has 0 saturated carbocycles. The molecule has 200 valence electrons. The number of morpholine rings is 1. The zero-order valence-electron chi connectivity index (χ0n) is 21.8. The van der Waals surface area contributed by atoms with E-state index in [2.05, 4.69) is 25.4 Å². The Morgan fingerprint density at radius 1 is 1.03 bits per heavy atom. The number of nitrogens with zero attached hydrogens (tertiary/aromatic N) is 4. The highest BCUT2D eigenvalue weighted by molar-refractivity contribution is 6.30. The predicted octanol–water partition coefficient (Wildman–Crippen LogP) is 5.80. The minimum absolute atomic E-state index is 0.123. The first-order valence-corrected chi connectivity index (χ1v) is 13.4. The molecule has 1 fully saturated rings. The van der Waals surface area contributed by atoms with Crippen LogP contribution in [0.5, 0.6) is 0 Å². The predicted molar refractivity (Wildman–Crippen MR) is 157 cm³/mol. The van der Waals surface area contributed by atoms with Gasteiger partial charge in [-0.1, -0.05) is 41.9 Å². The first-order chi connectivity index (χ1) is 19.1. The van der Waals surface area contributed by atoms with Crippen molar-refractivity contribution < 1.29 is 9.53 Å². The standard InChI is InChI=1S/C30H31ClN6O2/c1-2-32-29(38)23-18-25(20-27(19-23)36-13-15-39-16-14-36)34-30-33-12-11-28(35-30)37(26-9-4-3-5-10-26)21-22-7-6-8-24(31)17-22/h3-12,17-20H,2,13-16,21H2,1H3,(H,32,38)(H,33,34,35). The molecule has 4 aromatic rings. The van der Waals surface area contributed by atoms with Gasteiger partial charge in [0.2, 0.25) is 5.95 Å². The van der Waals surface area contributed by atoms with Gasteiger partial charge >= 0.3 is 0 Å². The number of anilines is 5. The van der Waals surface area contributed by atoms with Gasteiger partial charge in [0.1, 0.15) is 5.82 Å². The third kappa shape index (κ3) is 6.85. The Morgan fingerprint density at radius 2 is 1.85 bits per heavy atom. The lowest BCUT2D eigenvalue weighted by Crippen LogP contribution is -2.36. The minimum Gasteiger partial charge on any atom is -0.378 e. The van der Waals surface area contributed by atoms with Gasteiger partial charge in [-0.05, 0) is 61.0 Å². The summed E-state index contributed by atoms with van der Waals surface area (Å²) in [6, 6.07) is 25.5. The molecule has 1 amide bonds. The first-order valence-electron chi connectivity index (χ1n) is 13.0. The van der Waals surface area contributed by atoms with Gasteiger partial charge in [0.05, 0.1) is 13.2 Å². The van der Waals surface area contributed by atoms with Gasteiger partial charge in [-0.2, -0.15) is 4.98 Å². The Bertz CT molecular complexity index is 1410. The normalized spacial score (nSPS) is 13.1. The second kappa shape index (κ2) is 12.6. The molecule has 1 aromatic heterocycles. The van der Waals surface area contributed by atoms with E-state index in [1.54, 1.807) is 6.20 Å². The van der Waals surface area contributed by atoms with E-state index >= 15 is 0 Å². The maximum atomic E-state index is 12.8. The van der Waals surface area contributed by atoms with Gasteiger partial charge in [-0.15, -0.1) is 0 Å². The lowest BCUT2D eigenvalue weighted by atomic mass is 10.1. The van der Waals surface area contributed by atoms with E-state index in [0.29, 0.717) is 42.8 Å². The first kappa shape index (κ1) is 26.5. The molecule has 0 bridgehead atoms. The van der Waals surface area contributed by atoms with Crippen molar-refractivity contribution >= 4 is 46.3 Å². The van der Waals surface area contributed by atoms with Crippen LogP contribution < -0.4 is 20.4 Å². The van der Waals surface area contributed by atoms with Crippen LogP contribution in [0.2, 0.25) is 5.02 Å². The van der Waals surface area contributed by atoms with Crippen LogP contribution in [0.3, 0.4) is 0 Å². The van der Waals surface area contributed by atoms with E-state index in [9.17, 15) is 4.79 Å². The number of carbonyl (C=O) groups is 1. The number of amides is 1. The summed E-state index contributed by atoms with van der Waals surface area (Å²) in [6.45, 7) is 5.87. The maximum Gasteiger partial charge on any atom is 0.251 e. The zero-order valence-corrected chi connectivity index (χ0v) is 22.6. The molecule has 3 aromatic carbocycles. The summed E-state index contributed by atoms with van der Waals surface area (Å²) in [7, 11) is 0. The Hall–Kier alpha value is -4.14. The third-order valence-corrected chi connectivity index (χ3v) is 6.60. The Labute approximate surface area is 233 Å². The van der Waals surface area contributed by atoms with E-state index < -0.39 is 0 Å². The molecule has 9 heteroatoms. The smallest absolute Gasteiger partial charge is 0.251 e. The van der Waals surface area contributed by atoms with Crippen LogP contribution in [0.25, 0.3) is 0 Å². The fraction of sp³-hybridized carbons (Fsp3) is 0.233. The van der Waals surface area contributed by atoms with E-state index in [1.807, 2.05) is 85.8 Å². The van der Waals surface area contributed by atoms with E-state index in [1.165, 1.54) is 0 Å². The van der Waals surface area contributed by atoms with Gasteiger partial charge in [-0.25, -0.2) is 4.98 Å². The number of benzene rings is 3. The Morgan fingerprint density at radius 3 is 2.62 bits per heavy atom. The van der Waals surface area contributed by atoms with Gasteiger partial charge in [0.15, 0.2) is 0 Å². The molecule has 0 atom stereocenters. The molecule has 8 nitrogen and oxygen atoms in total. The summed E-state index contributed by atoms with van der Waals surface area (Å²) in [4.78, 5) is 26.4. The lowest BCUT2D eigenvalue weighted by Gasteiger charge is -2.29. The van der Waals surface area contributed by atoms with E-state index in [0.717, 1.165) is 41.5 Å². The molecule has 0 unspecified atom stereocenters. The second-order valence-electron chi connectivity index (χ2n) is 9.14. The maximum absolute atomic E-state index is 12.8. The molecule has 1 aliphatic rings. The van der Waals surface area contributed by atoms with Gasteiger partial charge in [-0.3, -0.25) is 4.79 Å². The molecule has 5 rings (SSSR count). The lowest BCUT2D eigenvalue weighted by molar-refractivity contribution is 0.0956. The second-order valence-corrected chi connectivity index (χ2v) is 9.58. The highest BCUT2D eigenvalue weighted by Crippen LogP contribution is 2.29. The summed E-state index contributed by atoms with van der Waals surface area (Å²) < 4.78 is 5.52. The SMILES string of the molecule is CCNC(=O)c1cc(Nc2nccc(N(Cc3cccc(Cl)c3)c3ccccc3)n2)cc(N2CCOCC2)c1. The molecule has 39 heavy (non-hydrogen) atoms. The fourth-order valence-corrected chi connectivity index (χ4v) is 4.71. The number of aromatic nitrogens is 2. The number of rotatable bonds is 9. The number of ether oxygens (including phenoxy) is 1. The fourth-order valence-electron chi connectivity index (χ4n) is 4.50. The van der Waals surface area contributed by atoms with Crippen molar-refractivity contribution in [1.82, 2.24) is 15.3 Å². The average Bonchev–Trinajstić information content (AvgIpc) is 2.97. The number of hydrogen-bond donors (Lipinski definition) is 2. The number of carbonyl (C=O) groups excluding carboxylic acids is 1. The molecule has 0 radical (unpaired) electrons. The van der Waals surface area contributed by atoms with Crippen LogP contribution in [-0.2, 0) is 11.3 Å². The minimum atomic E-state index is -0.123. The number of nitrogens with one attached hydrogen (secondary N) is 2. The molecule has 0 aliphatic carbocycles. The number of para-hydroxylation sites is 1. The van der Waals surface area contributed by atoms with Crippen molar-refractivity contribution in [2.75, 3.05) is 48.0 Å². The van der Waals surface area contributed by atoms with Crippen LogP contribution in [0, 0.1) is 0 Å². The van der Waals surface area contributed by atoms with Crippen molar-refractivity contribution in [2.24, 2.45) is 0 Å². The van der Waals surface area contributed by atoms with Crippen LogP contribution in [-0.4, -0.2) is 48.7 Å². The van der Waals surface area contributed by atoms with E-state index in [4.69, 9.17) is 21.3 Å². The van der Waals surface area contributed by atoms with Gasteiger partial charge < -0.3 is 25.2 Å². The highest BCUT2D eigenvalue weighted by Gasteiger charge is 2.17. The van der Waals surface area contributed by atoms with Gasteiger partial charge in [0.25, 0.3) is 5.91 Å². The molecule has 2 N–H and O–H groups in total.